The number of nitrogens with two attached hydrogens (primary N) is 1. The van der Waals surface area contributed by atoms with Crippen molar-refractivity contribution in [3.8, 4) is 0 Å². The Balaban J connectivity index is 3.83. The monoisotopic (exact) mass is 119 g/mol. The first kappa shape index (κ1) is 6.94. The van der Waals surface area contributed by atoms with Crippen LogP contribution in [0.15, 0.2) is 12.0 Å². The summed E-state index contributed by atoms with van der Waals surface area (Å²) in [5.74, 6) is -2.12. The van der Waals surface area contributed by atoms with Crippen molar-refractivity contribution in [2.75, 3.05) is 7.11 Å². The summed E-state index contributed by atoms with van der Waals surface area (Å²) >= 11 is 0. The minimum absolute atomic E-state index is 0.547. The molecule has 0 radical (unpaired) electrons. The second kappa shape index (κ2) is 3.01. The number of ether oxygens (including phenoxy) is 1. The Labute approximate surface area is 45.9 Å². The molecule has 0 amide bonds. The van der Waals surface area contributed by atoms with Gasteiger partial charge in [0.25, 0.3) is 0 Å². The lowest BCUT2D eigenvalue weighted by Crippen LogP contribution is -2.01. The molecular formula is C4H6FNO2. The highest BCUT2D eigenvalue weighted by Crippen LogP contribution is 1.93. The molecule has 0 heterocycles. The molecule has 0 fully saturated rings. The lowest BCUT2D eigenvalue weighted by atomic mass is 10.6. The molecule has 0 aromatic carbocycles. The van der Waals surface area contributed by atoms with E-state index in [1.54, 1.807) is 0 Å². The summed E-state index contributed by atoms with van der Waals surface area (Å²) in [6, 6.07) is 0. The summed E-state index contributed by atoms with van der Waals surface area (Å²) in [4.78, 5) is 10.00. The van der Waals surface area contributed by atoms with Crippen LogP contribution < -0.4 is 5.73 Å². The molecule has 0 atom stereocenters. The topological polar surface area (TPSA) is 52.3 Å². The molecule has 0 unspecified atom stereocenters. The third-order valence-electron chi connectivity index (χ3n) is 0.527. The van der Waals surface area contributed by atoms with Crippen LogP contribution >= 0.6 is 0 Å². The Morgan fingerprint density at radius 3 is 2.50 bits per heavy atom. The molecule has 0 bridgehead atoms. The van der Waals surface area contributed by atoms with Crippen LogP contribution in [0.5, 0.6) is 0 Å². The molecule has 46 valence electrons. The minimum atomic E-state index is -1.08. The molecule has 8 heavy (non-hydrogen) atoms. The molecule has 0 aliphatic carbocycles. The van der Waals surface area contributed by atoms with Crippen LogP contribution in [0.1, 0.15) is 0 Å². The van der Waals surface area contributed by atoms with Crippen molar-refractivity contribution in [2.24, 2.45) is 5.73 Å². The minimum Gasteiger partial charge on any atom is -0.464 e. The highest BCUT2D eigenvalue weighted by Gasteiger charge is 2.04. The number of hydrogen-bond acceptors (Lipinski definition) is 3. The number of carbonyl (C=O) groups excluding carboxylic acids is 1. The van der Waals surface area contributed by atoms with E-state index >= 15 is 0 Å². The number of methoxy groups -OCH3 is 1. The van der Waals surface area contributed by atoms with Gasteiger partial charge in [0.1, 0.15) is 0 Å². The summed E-state index contributed by atoms with van der Waals surface area (Å²) in [7, 11) is 1.07. The first-order valence-corrected chi connectivity index (χ1v) is 1.88. The van der Waals surface area contributed by atoms with Crippen LogP contribution in [0.25, 0.3) is 0 Å². The zero-order valence-electron chi connectivity index (χ0n) is 4.35. The van der Waals surface area contributed by atoms with Crippen molar-refractivity contribution in [3.05, 3.63) is 12.0 Å². The third kappa shape index (κ3) is 1.59. The van der Waals surface area contributed by atoms with Gasteiger partial charge in [0.2, 0.25) is 5.83 Å². The Morgan fingerprint density at radius 1 is 1.88 bits per heavy atom. The van der Waals surface area contributed by atoms with Gasteiger partial charge in [-0.3, -0.25) is 0 Å². The second-order valence-electron chi connectivity index (χ2n) is 1.01. The second-order valence-corrected chi connectivity index (χ2v) is 1.01. The van der Waals surface area contributed by atoms with E-state index in [-0.39, 0.29) is 0 Å². The fourth-order valence-electron chi connectivity index (χ4n) is 0.166. The molecule has 0 saturated heterocycles. The van der Waals surface area contributed by atoms with E-state index in [2.05, 4.69) is 10.5 Å². The molecule has 0 aromatic rings. The van der Waals surface area contributed by atoms with Crippen LogP contribution in [0.2, 0.25) is 0 Å². The number of rotatable bonds is 1. The van der Waals surface area contributed by atoms with Gasteiger partial charge in [0.15, 0.2) is 0 Å². The Bertz CT molecular complexity index is 121. The van der Waals surface area contributed by atoms with E-state index in [1.165, 1.54) is 0 Å². The summed E-state index contributed by atoms with van der Waals surface area (Å²) in [5, 5.41) is 0. The number of carbonyl (C=O) groups is 1. The van der Waals surface area contributed by atoms with E-state index in [1.807, 2.05) is 0 Å². The van der Waals surface area contributed by atoms with Gasteiger partial charge in [-0.05, 0) is 0 Å². The van der Waals surface area contributed by atoms with Gasteiger partial charge in [0.05, 0.1) is 7.11 Å². The average molecular weight is 119 g/mol. The number of esters is 1. The van der Waals surface area contributed by atoms with E-state index in [9.17, 15) is 9.18 Å². The van der Waals surface area contributed by atoms with Crippen molar-refractivity contribution in [3.63, 3.8) is 0 Å². The highest BCUT2D eigenvalue weighted by atomic mass is 19.1. The standard InChI is InChI=1S/C4H6FNO2/c1-8-4(7)3(5)2-6/h2H,6H2,1H3/b3-2+. The number of halogens is 1. The predicted molar refractivity (Wildman–Crippen MR) is 25.4 cm³/mol. The molecule has 4 heteroatoms. The van der Waals surface area contributed by atoms with E-state index in [4.69, 9.17) is 0 Å². The van der Waals surface area contributed by atoms with Gasteiger partial charge < -0.3 is 10.5 Å². The van der Waals surface area contributed by atoms with Crippen molar-refractivity contribution in [1.29, 1.82) is 0 Å². The normalized spacial score (nSPS) is 11.0. The van der Waals surface area contributed by atoms with Crippen LogP contribution in [0.3, 0.4) is 0 Å². The Kier molecular flexibility index (Phi) is 2.61. The third-order valence-corrected chi connectivity index (χ3v) is 0.527. The molecule has 0 aliphatic rings. The zero-order valence-corrected chi connectivity index (χ0v) is 4.35. The molecule has 0 spiro atoms. The fraction of sp³-hybridized carbons (Fsp3) is 0.250. The fourth-order valence-corrected chi connectivity index (χ4v) is 0.166. The lowest BCUT2D eigenvalue weighted by molar-refractivity contribution is -0.137. The summed E-state index contributed by atoms with van der Waals surface area (Å²) in [6.45, 7) is 0. The van der Waals surface area contributed by atoms with Crippen LogP contribution in [-0.4, -0.2) is 13.1 Å². The maximum absolute atomic E-state index is 11.8. The van der Waals surface area contributed by atoms with Crippen molar-refractivity contribution in [2.45, 2.75) is 0 Å². The van der Waals surface area contributed by atoms with Crippen LogP contribution in [-0.2, 0) is 9.53 Å². The highest BCUT2D eigenvalue weighted by molar-refractivity contribution is 5.85. The number of hydrogen-bond donors (Lipinski definition) is 1. The van der Waals surface area contributed by atoms with Crippen LogP contribution in [0.4, 0.5) is 4.39 Å². The Morgan fingerprint density at radius 2 is 2.38 bits per heavy atom. The maximum atomic E-state index is 11.8. The zero-order chi connectivity index (χ0) is 6.57. The smallest absolute Gasteiger partial charge is 0.368 e. The molecule has 0 saturated carbocycles. The molecule has 2 N–H and O–H groups in total. The molecule has 3 nitrogen and oxygen atoms in total. The molecular weight excluding hydrogens is 113 g/mol. The first-order valence-electron chi connectivity index (χ1n) is 1.88. The van der Waals surface area contributed by atoms with Crippen LogP contribution in [0, 0.1) is 0 Å². The average Bonchev–Trinajstić information content (AvgIpc) is 1.84. The summed E-state index contributed by atoms with van der Waals surface area (Å²) in [6.07, 6.45) is 0.547. The summed E-state index contributed by atoms with van der Waals surface area (Å²) < 4.78 is 15.7. The van der Waals surface area contributed by atoms with Gasteiger partial charge in [-0.15, -0.1) is 0 Å². The van der Waals surface area contributed by atoms with E-state index in [0.29, 0.717) is 6.20 Å². The van der Waals surface area contributed by atoms with E-state index < -0.39 is 11.8 Å². The lowest BCUT2D eigenvalue weighted by Gasteiger charge is -1.89. The van der Waals surface area contributed by atoms with Crippen molar-refractivity contribution >= 4 is 5.97 Å². The van der Waals surface area contributed by atoms with Crippen molar-refractivity contribution in [1.82, 2.24) is 0 Å². The van der Waals surface area contributed by atoms with Gasteiger partial charge in [-0.1, -0.05) is 0 Å². The molecule has 0 aromatic heterocycles. The van der Waals surface area contributed by atoms with Gasteiger partial charge >= 0.3 is 5.97 Å². The van der Waals surface area contributed by atoms with Gasteiger partial charge in [-0.2, -0.15) is 4.39 Å². The molecule has 0 aliphatic heterocycles. The first-order chi connectivity index (χ1) is 3.72. The largest absolute Gasteiger partial charge is 0.464 e. The van der Waals surface area contributed by atoms with Gasteiger partial charge in [0, 0.05) is 6.20 Å². The quantitative estimate of drug-likeness (QED) is 0.388. The molecule has 0 rings (SSSR count). The SMILES string of the molecule is COC(=O)/C(F)=C\N. The van der Waals surface area contributed by atoms with E-state index in [0.717, 1.165) is 7.11 Å². The van der Waals surface area contributed by atoms with Crippen molar-refractivity contribution < 1.29 is 13.9 Å². The summed E-state index contributed by atoms with van der Waals surface area (Å²) in [5.41, 5.74) is 4.61. The van der Waals surface area contributed by atoms with Gasteiger partial charge in [-0.25, -0.2) is 4.79 Å². The predicted octanol–water partition coefficient (Wildman–Crippen LogP) is -0.0710. The maximum Gasteiger partial charge on any atom is 0.368 e. The Hall–Kier alpha value is -1.06.